The van der Waals surface area contributed by atoms with E-state index in [4.69, 9.17) is 15.4 Å². The lowest BCUT2D eigenvalue weighted by Gasteiger charge is -1.99. The van der Waals surface area contributed by atoms with E-state index >= 15 is 0 Å². The van der Waals surface area contributed by atoms with Crippen LogP contribution < -0.4 is 5.73 Å². The lowest BCUT2D eigenvalue weighted by Crippen LogP contribution is -2.14. The molecule has 0 bridgehead atoms. The molecule has 0 saturated heterocycles. The standard InChI is InChI=1S/C12H15N3O2S/c1-8-2-4-9(5-3-8)18-7-11-14-12(17-15-11)10(13)6-16/h2-5,10,16H,6-7,13H2,1H3/t10-/m1/s1. The highest BCUT2D eigenvalue weighted by molar-refractivity contribution is 7.98. The molecule has 0 aliphatic rings. The van der Waals surface area contributed by atoms with E-state index in [-0.39, 0.29) is 12.5 Å². The molecule has 0 fully saturated rings. The number of aliphatic hydroxyl groups excluding tert-OH is 1. The first-order valence-corrected chi connectivity index (χ1v) is 6.56. The van der Waals surface area contributed by atoms with Crippen LogP contribution >= 0.6 is 11.8 Å². The average molecular weight is 265 g/mol. The van der Waals surface area contributed by atoms with Crippen LogP contribution in [0.5, 0.6) is 0 Å². The van der Waals surface area contributed by atoms with Gasteiger partial charge in [0, 0.05) is 4.90 Å². The number of nitrogens with zero attached hydrogens (tertiary/aromatic N) is 2. The Bertz CT molecular complexity index is 498. The molecule has 2 aromatic rings. The zero-order valence-electron chi connectivity index (χ0n) is 10.0. The SMILES string of the molecule is Cc1ccc(SCc2noc([C@H](N)CO)n2)cc1. The number of rotatable bonds is 5. The molecule has 1 aromatic heterocycles. The normalized spacial score (nSPS) is 12.6. The van der Waals surface area contributed by atoms with Crippen molar-refractivity contribution in [3.8, 4) is 0 Å². The van der Waals surface area contributed by atoms with Gasteiger partial charge in [0.2, 0.25) is 5.89 Å². The molecule has 0 aliphatic carbocycles. The first kappa shape index (κ1) is 13.1. The molecule has 3 N–H and O–H groups in total. The molecule has 96 valence electrons. The van der Waals surface area contributed by atoms with E-state index in [1.807, 2.05) is 0 Å². The fourth-order valence-corrected chi connectivity index (χ4v) is 2.08. The molecule has 0 radical (unpaired) electrons. The maximum atomic E-state index is 8.87. The van der Waals surface area contributed by atoms with Crippen LogP contribution in [0.15, 0.2) is 33.7 Å². The molecule has 0 saturated carbocycles. The van der Waals surface area contributed by atoms with Crippen molar-refractivity contribution < 1.29 is 9.63 Å². The van der Waals surface area contributed by atoms with Crippen LogP contribution in [0.3, 0.4) is 0 Å². The van der Waals surface area contributed by atoms with Gasteiger partial charge >= 0.3 is 0 Å². The minimum Gasteiger partial charge on any atom is -0.394 e. The second-order valence-corrected chi connectivity index (χ2v) is 4.99. The largest absolute Gasteiger partial charge is 0.394 e. The Balaban J connectivity index is 1.94. The minimum atomic E-state index is -0.601. The highest BCUT2D eigenvalue weighted by Gasteiger charge is 2.13. The van der Waals surface area contributed by atoms with Gasteiger partial charge in [-0.2, -0.15) is 4.98 Å². The van der Waals surface area contributed by atoms with Crippen LogP contribution in [0.2, 0.25) is 0 Å². The number of benzene rings is 1. The highest BCUT2D eigenvalue weighted by Crippen LogP contribution is 2.22. The molecule has 1 atom stereocenters. The zero-order valence-corrected chi connectivity index (χ0v) is 10.9. The zero-order chi connectivity index (χ0) is 13.0. The van der Waals surface area contributed by atoms with E-state index < -0.39 is 6.04 Å². The number of hydrogen-bond acceptors (Lipinski definition) is 6. The Morgan fingerprint density at radius 1 is 1.39 bits per heavy atom. The van der Waals surface area contributed by atoms with Gasteiger partial charge in [-0.25, -0.2) is 0 Å². The summed E-state index contributed by atoms with van der Waals surface area (Å²) < 4.78 is 4.97. The molecule has 6 heteroatoms. The monoisotopic (exact) mass is 265 g/mol. The van der Waals surface area contributed by atoms with Gasteiger partial charge in [-0.15, -0.1) is 11.8 Å². The molecule has 0 aliphatic heterocycles. The van der Waals surface area contributed by atoms with E-state index in [2.05, 4.69) is 41.3 Å². The van der Waals surface area contributed by atoms with Crippen molar-refractivity contribution in [1.82, 2.24) is 10.1 Å². The summed E-state index contributed by atoms with van der Waals surface area (Å²) in [5.41, 5.74) is 6.81. The maximum Gasteiger partial charge on any atom is 0.245 e. The van der Waals surface area contributed by atoms with E-state index in [1.54, 1.807) is 11.8 Å². The third-order valence-electron chi connectivity index (χ3n) is 2.39. The highest BCUT2D eigenvalue weighted by atomic mass is 32.2. The third-order valence-corrected chi connectivity index (χ3v) is 3.39. The van der Waals surface area contributed by atoms with Gasteiger partial charge in [0.1, 0.15) is 6.04 Å². The molecule has 0 unspecified atom stereocenters. The van der Waals surface area contributed by atoms with Crippen LogP contribution in [0.4, 0.5) is 0 Å². The number of thioether (sulfide) groups is 1. The quantitative estimate of drug-likeness (QED) is 0.800. The second-order valence-electron chi connectivity index (χ2n) is 3.94. The van der Waals surface area contributed by atoms with Crippen LogP contribution in [0.25, 0.3) is 0 Å². The van der Waals surface area contributed by atoms with Crippen molar-refractivity contribution in [3.05, 3.63) is 41.5 Å². The average Bonchev–Trinajstić information content (AvgIpc) is 2.86. The van der Waals surface area contributed by atoms with E-state index in [0.29, 0.717) is 11.6 Å². The van der Waals surface area contributed by atoms with Crippen LogP contribution in [0.1, 0.15) is 23.3 Å². The van der Waals surface area contributed by atoms with Gasteiger partial charge in [-0.3, -0.25) is 0 Å². The number of hydrogen-bond donors (Lipinski definition) is 2. The van der Waals surface area contributed by atoms with Crippen LogP contribution in [0, 0.1) is 6.92 Å². The molecule has 18 heavy (non-hydrogen) atoms. The van der Waals surface area contributed by atoms with Crippen molar-refractivity contribution in [3.63, 3.8) is 0 Å². The summed E-state index contributed by atoms with van der Waals surface area (Å²) in [7, 11) is 0. The summed E-state index contributed by atoms with van der Waals surface area (Å²) >= 11 is 1.63. The summed E-state index contributed by atoms with van der Waals surface area (Å²) in [6.07, 6.45) is 0. The lowest BCUT2D eigenvalue weighted by molar-refractivity contribution is 0.236. The molecule has 0 amide bonds. The van der Waals surface area contributed by atoms with Gasteiger partial charge < -0.3 is 15.4 Å². The molecular weight excluding hydrogens is 250 g/mol. The topological polar surface area (TPSA) is 85.2 Å². The van der Waals surface area contributed by atoms with Crippen molar-refractivity contribution in [2.24, 2.45) is 5.73 Å². The number of aryl methyl sites for hydroxylation is 1. The number of aliphatic hydroxyl groups is 1. The molecule has 1 aromatic carbocycles. The van der Waals surface area contributed by atoms with E-state index in [0.717, 1.165) is 4.90 Å². The Hall–Kier alpha value is -1.37. The summed E-state index contributed by atoms with van der Waals surface area (Å²) in [6.45, 7) is 1.85. The van der Waals surface area contributed by atoms with Gasteiger partial charge in [0.15, 0.2) is 5.82 Å². The Morgan fingerprint density at radius 2 is 2.11 bits per heavy atom. The summed E-state index contributed by atoms with van der Waals surface area (Å²) in [5, 5.41) is 12.7. The van der Waals surface area contributed by atoms with Gasteiger partial charge in [-0.05, 0) is 19.1 Å². The lowest BCUT2D eigenvalue weighted by atomic mass is 10.2. The van der Waals surface area contributed by atoms with Crippen molar-refractivity contribution in [1.29, 1.82) is 0 Å². The summed E-state index contributed by atoms with van der Waals surface area (Å²) in [5.74, 6) is 1.47. The van der Waals surface area contributed by atoms with Crippen molar-refractivity contribution >= 4 is 11.8 Å². The van der Waals surface area contributed by atoms with Crippen molar-refractivity contribution in [2.75, 3.05) is 6.61 Å². The predicted octanol–water partition coefficient (Wildman–Crippen LogP) is 1.66. The summed E-state index contributed by atoms with van der Waals surface area (Å²) in [6, 6.07) is 7.63. The van der Waals surface area contributed by atoms with Gasteiger partial charge in [-0.1, -0.05) is 22.9 Å². The fourth-order valence-electron chi connectivity index (χ4n) is 1.34. The number of nitrogens with two attached hydrogens (primary N) is 1. The van der Waals surface area contributed by atoms with Crippen molar-refractivity contribution in [2.45, 2.75) is 23.6 Å². The Labute approximate surface area is 109 Å². The van der Waals surface area contributed by atoms with Gasteiger partial charge in [0.05, 0.1) is 12.4 Å². The van der Waals surface area contributed by atoms with Gasteiger partial charge in [0.25, 0.3) is 0 Å². The third kappa shape index (κ3) is 3.32. The fraction of sp³-hybridized carbons (Fsp3) is 0.333. The molecule has 5 nitrogen and oxygen atoms in total. The maximum absolute atomic E-state index is 8.87. The van der Waals surface area contributed by atoms with E-state index in [1.165, 1.54) is 5.56 Å². The second kappa shape index (κ2) is 5.99. The minimum absolute atomic E-state index is 0.202. The van der Waals surface area contributed by atoms with E-state index in [9.17, 15) is 0 Å². The first-order valence-electron chi connectivity index (χ1n) is 5.57. The predicted molar refractivity (Wildman–Crippen MR) is 69.1 cm³/mol. The molecular formula is C12H15N3O2S. The Kier molecular flexibility index (Phi) is 4.35. The molecule has 2 rings (SSSR count). The van der Waals surface area contributed by atoms with Crippen LogP contribution in [-0.2, 0) is 5.75 Å². The molecule has 0 spiro atoms. The number of aromatic nitrogens is 2. The first-order chi connectivity index (χ1) is 8.69. The molecule has 1 heterocycles. The smallest absolute Gasteiger partial charge is 0.245 e. The Morgan fingerprint density at radius 3 is 2.78 bits per heavy atom. The summed E-state index contributed by atoms with van der Waals surface area (Å²) in [4.78, 5) is 5.28. The van der Waals surface area contributed by atoms with Crippen LogP contribution in [-0.4, -0.2) is 21.9 Å².